The van der Waals surface area contributed by atoms with Gasteiger partial charge in [0.15, 0.2) is 11.5 Å². The van der Waals surface area contributed by atoms with Crippen LogP contribution in [-0.2, 0) is 9.47 Å². The van der Waals surface area contributed by atoms with Crippen molar-refractivity contribution >= 4 is 11.5 Å². The zero-order valence-electron chi connectivity index (χ0n) is 12.0. The molecule has 0 unspecified atom stereocenters. The molecule has 0 heterocycles. The maximum absolute atomic E-state index is 5.85. The molecule has 0 aromatic heterocycles. The predicted molar refractivity (Wildman–Crippen MR) is 83.0 cm³/mol. The summed E-state index contributed by atoms with van der Waals surface area (Å²) in [6, 6.07) is 20.1. The Hall–Kier alpha value is -2.22. The first kappa shape index (κ1) is 14.2. The van der Waals surface area contributed by atoms with Crippen molar-refractivity contribution in [1.82, 2.24) is 0 Å². The molecule has 0 N–H and O–H groups in total. The third-order valence-corrected chi connectivity index (χ3v) is 2.86. The highest BCUT2D eigenvalue weighted by atomic mass is 16.5. The molecule has 2 aromatic rings. The van der Waals surface area contributed by atoms with Crippen molar-refractivity contribution < 1.29 is 9.47 Å². The summed E-state index contributed by atoms with van der Waals surface area (Å²) >= 11 is 0. The van der Waals surface area contributed by atoms with Gasteiger partial charge in [-0.25, -0.2) is 0 Å². The highest BCUT2D eigenvalue weighted by molar-refractivity contribution is 5.84. The first-order chi connectivity index (χ1) is 9.86. The highest BCUT2D eigenvalue weighted by Crippen LogP contribution is 2.28. The van der Waals surface area contributed by atoms with E-state index < -0.39 is 0 Å². The van der Waals surface area contributed by atoms with Gasteiger partial charge in [-0.15, -0.1) is 0 Å². The molecule has 2 rings (SSSR count). The van der Waals surface area contributed by atoms with Crippen LogP contribution in [0.25, 0.3) is 11.5 Å². The predicted octanol–water partition coefficient (Wildman–Crippen LogP) is 4.59. The summed E-state index contributed by atoms with van der Waals surface area (Å²) in [7, 11) is 0. The number of hydrogen-bond donors (Lipinski definition) is 0. The summed E-state index contributed by atoms with van der Waals surface area (Å²) in [5, 5.41) is 0. The van der Waals surface area contributed by atoms with Gasteiger partial charge in [0.05, 0.1) is 13.2 Å². The lowest BCUT2D eigenvalue weighted by Crippen LogP contribution is -2.01. The molecule has 0 saturated heterocycles. The molecular formula is C18H20O2. The molecule has 0 aliphatic rings. The zero-order valence-corrected chi connectivity index (χ0v) is 12.0. The Balaban J connectivity index is 2.54. The van der Waals surface area contributed by atoms with Gasteiger partial charge < -0.3 is 9.47 Å². The van der Waals surface area contributed by atoms with Crippen LogP contribution in [0.5, 0.6) is 0 Å². The van der Waals surface area contributed by atoms with E-state index in [9.17, 15) is 0 Å². The van der Waals surface area contributed by atoms with Crippen molar-refractivity contribution in [1.29, 1.82) is 0 Å². The molecule has 0 radical (unpaired) electrons. The van der Waals surface area contributed by atoms with E-state index in [0.717, 1.165) is 22.6 Å². The van der Waals surface area contributed by atoms with Crippen molar-refractivity contribution in [2.75, 3.05) is 13.2 Å². The van der Waals surface area contributed by atoms with Crippen LogP contribution in [0.1, 0.15) is 25.0 Å². The smallest absolute Gasteiger partial charge is 0.168 e. The maximum Gasteiger partial charge on any atom is 0.168 e. The molecule has 0 atom stereocenters. The topological polar surface area (TPSA) is 18.5 Å². The van der Waals surface area contributed by atoms with E-state index in [1.54, 1.807) is 0 Å². The molecule has 0 aliphatic carbocycles. The molecule has 0 aliphatic heterocycles. The van der Waals surface area contributed by atoms with Crippen LogP contribution >= 0.6 is 0 Å². The Kier molecular flexibility index (Phi) is 5.24. The second-order valence-corrected chi connectivity index (χ2v) is 4.26. The number of hydrogen-bond acceptors (Lipinski definition) is 2. The molecule has 0 bridgehead atoms. The SMILES string of the molecule is CCO/C(=C(\OCC)c1ccccc1)c1ccccc1. The van der Waals surface area contributed by atoms with E-state index >= 15 is 0 Å². The molecule has 0 saturated carbocycles. The van der Waals surface area contributed by atoms with Gasteiger partial charge >= 0.3 is 0 Å². The molecule has 2 heteroatoms. The first-order valence-electron chi connectivity index (χ1n) is 6.97. The van der Waals surface area contributed by atoms with Gasteiger partial charge in [-0.05, 0) is 13.8 Å². The summed E-state index contributed by atoms with van der Waals surface area (Å²) in [4.78, 5) is 0. The third kappa shape index (κ3) is 3.41. The van der Waals surface area contributed by atoms with Crippen LogP contribution in [0.15, 0.2) is 60.7 Å². The van der Waals surface area contributed by atoms with E-state index in [2.05, 4.69) is 0 Å². The molecule has 2 aromatic carbocycles. The van der Waals surface area contributed by atoms with Crippen molar-refractivity contribution in [3.05, 3.63) is 71.8 Å². The quantitative estimate of drug-likeness (QED) is 0.563. The Bertz CT molecular complexity index is 493. The Morgan fingerprint density at radius 2 is 1.00 bits per heavy atom. The average Bonchev–Trinajstić information content (AvgIpc) is 2.52. The maximum atomic E-state index is 5.85. The van der Waals surface area contributed by atoms with Crippen LogP contribution in [0.3, 0.4) is 0 Å². The molecule has 0 amide bonds. The molecule has 2 nitrogen and oxygen atoms in total. The largest absolute Gasteiger partial charge is 0.489 e. The van der Waals surface area contributed by atoms with Gasteiger partial charge in [-0.2, -0.15) is 0 Å². The summed E-state index contributed by atoms with van der Waals surface area (Å²) in [5.74, 6) is 1.59. The van der Waals surface area contributed by atoms with E-state index in [0.29, 0.717) is 13.2 Å². The van der Waals surface area contributed by atoms with Gasteiger partial charge in [-0.1, -0.05) is 60.7 Å². The van der Waals surface area contributed by atoms with Crippen molar-refractivity contribution in [3.63, 3.8) is 0 Å². The van der Waals surface area contributed by atoms with E-state index in [-0.39, 0.29) is 0 Å². The summed E-state index contributed by atoms with van der Waals surface area (Å²) in [5.41, 5.74) is 2.06. The van der Waals surface area contributed by atoms with Crippen molar-refractivity contribution in [2.45, 2.75) is 13.8 Å². The van der Waals surface area contributed by atoms with Gasteiger partial charge in [0, 0.05) is 11.1 Å². The van der Waals surface area contributed by atoms with Crippen LogP contribution in [0.2, 0.25) is 0 Å². The lowest BCUT2D eigenvalue weighted by atomic mass is 10.1. The summed E-state index contributed by atoms with van der Waals surface area (Å²) in [6.07, 6.45) is 0. The minimum absolute atomic E-state index is 0.605. The fourth-order valence-corrected chi connectivity index (χ4v) is 2.03. The Labute approximate surface area is 120 Å². The van der Waals surface area contributed by atoms with Crippen LogP contribution in [-0.4, -0.2) is 13.2 Å². The van der Waals surface area contributed by atoms with Crippen LogP contribution in [0.4, 0.5) is 0 Å². The lowest BCUT2D eigenvalue weighted by Gasteiger charge is -2.16. The lowest BCUT2D eigenvalue weighted by molar-refractivity contribution is 0.261. The summed E-state index contributed by atoms with van der Waals surface area (Å²) in [6.45, 7) is 5.18. The molecular weight excluding hydrogens is 248 g/mol. The minimum Gasteiger partial charge on any atom is -0.489 e. The Morgan fingerprint density at radius 3 is 1.30 bits per heavy atom. The second kappa shape index (κ2) is 7.39. The van der Waals surface area contributed by atoms with Gasteiger partial charge in [0.25, 0.3) is 0 Å². The second-order valence-electron chi connectivity index (χ2n) is 4.26. The van der Waals surface area contributed by atoms with Crippen LogP contribution in [0, 0.1) is 0 Å². The standard InChI is InChI=1S/C18H20O2/c1-3-19-17(15-11-7-5-8-12-15)18(20-4-2)16-13-9-6-10-14-16/h5-14H,3-4H2,1-2H3/b18-17-. The fraction of sp³-hybridized carbons (Fsp3) is 0.222. The Morgan fingerprint density at radius 1 is 0.650 bits per heavy atom. The molecule has 0 spiro atoms. The van der Waals surface area contributed by atoms with Gasteiger partial charge in [-0.3, -0.25) is 0 Å². The average molecular weight is 268 g/mol. The van der Waals surface area contributed by atoms with E-state index in [4.69, 9.17) is 9.47 Å². The summed E-state index contributed by atoms with van der Waals surface area (Å²) < 4.78 is 11.7. The van der Waals surface area contributed by atoms with Gasteiger partial charge in [0.1, 0.15) is 0 Å². The first-order valence-corrected chi connectivity index (χ1v) is 6.97. The number of rotatable bonds is 6. The zero-order chi connectivity index (χ0) is 14.2. The van der Waals surface area contributed by atoms with E-state index in [1.165, 1.54) is 0 Å². The number of ether oxygens (including phenoxy) is 2. The molecule has 0 fully saturated rings. The third-order valence-electron chi connectivity index (χ3n) is 2.86. The highest BCUT2D eigenvalue weighted by Gasteiger charge is 2.14. The normalized spacial score (nSPS) is 11.7. The number of benzene rings is 2. The minimum atomic E-state index is 0.605. The molecule has 104 valence electrons. The van der Waals surface area contributed by atoms with Crippen LogP contribution < -0.4 is 0 Å². The van der Waals surface area contributed by atoms with Crippen molar-refractivity contribution in [2.24, 2.45) is 0 Å². The van der Waals surface area contributed by atoms with Crippen molar-refractivity contribution in [3.8, 4) is 0 Å². The fourth-order valence-electron chi connectivity index (χ4n) is 2.03. The monoisotopic (exact) mass is 268 g/mol. The van der Waals surface area contributed by atoms with Gasteiger partial charge in [0.2, 0.25) is 0 Å². The van der Waals surface area contributed by atoms with E-state index in [1.807, 2.05) is 74.5 Å². The molecule has 20 heavy (non-hydrogen) atoms.